The van der Waals surface area contributed by atoms with Crippen LogP contribution in [0.5, 0.6) is 0 Å². The molecule has 0 unspecified atom stereocenters. The van der Waals surface area contributed by atoms with Gasteiger partial charge in [0, 0.05) is 52.0 Å². The van der Waals surface area contributed by atoms with Gasteiger partial charge in [-0.25, -0.2) is 9.67 Å². The Morgan fingerprint density at radius 1 is 1.04 bits per heavy atom. The van der Waals surface area contributed by atoms with Crippen LogP contribution in [0.3, 0.4) is 0 Å². The van der Waals surface area contributed by atoms with Gasteiger partial charge < -0.3 is 25.2 Å². The molecule has 45 heavy (non-hydrogen) atoms. The molecule has 3 aromatic rings. The van der Waals surface area contributed by atoms with Crippen LogP contribution in [0.15, 0.2) is 41.7 Å². The van der Waals surface area contributed by atoms with Crippen LogP contribution in [-0.4, -0.2) is 120 Å². The number of likely N-dealkylation sites (N-methyl/N-ethyl adjacent to an activating group) is 1. The van der Waals surface area contributed by atoms with Crippen LogP contribution in [0, 0.1) is 0 Å². The number of carbonyl (C=O) groups excluding carboxylic acids is 2. The van der Waals surface area contributed by atoms with E-state index in [0.717, 1.165) is 63.2 Å². The van der Waals surface area contributed by atoms with Crippen LogP contribution >= 0.6 is 11.8 Å². The summed E-state index contributed by atoms with van der Waals surface area (Å²) in [6.07, 6.45) is 0.0693. The van der Waals surface area contributed by atoms with Gasteiger partial charge >= 0.3 is 6.18 Å². The topological polar surface area (TPSA) is 121 Å². The van der Waals surface area contributed by atoms with E-state index in [1.807, 2.05) is 7.05 Å². The van der Waals surface area contributed by atoms with Gasteiger partial charge in [0.1, 0.15) is 0 Å². The van der Waals surface area contributed by atoms with Gasteiger partial charge in [-0.05, 0) is 50.5 Å². The summed E-state index contributed by atoms with van der Waals surface area (Å²) in [5, 5.41) is 13.8. The average Bonchev–Trinajstić information content (AvgIpc) is 3.54. The van der Waals surface area contributed by atoms with E-state index >= 15 is 0 Å². The zero-order chi connectivity index (χ0) is 32.0. The fraction of sp³-hybridized carbons (Fsp3) is 0.483. The number of amides is 2. The lowest BCUT2D eigenvalue weighted by atomic mass is 10.1. The van der Waals surface area contributed by atoms with E-state index in [0.29, 0.717) is 49.9 Å². The number of aromatic nitrogens is 4. The predicted octanol–water partition coefficient (Wildman–Crippen LogP) is 2.86. The lowest BCUT2D eigenvalue weighted by Crippen LogP contribution is -2.44. The number of nitrogens with zero attached hydrogens (tertiary/aromatic N) is 7. The second-order valence-corrected chi connectivity index (χ2v) is 11.7. The molecule has 2 fully saturated rings. The summed E-state index contributed by atoms with van der Waals surface area (Å²) in [6, 6.07) is 6.03. The van der Waals surface area contributed by atoms with Gasteiger partial charge in [-0.3, -0.25) is 14.5 Å². The number of halogens is 3. The Kier molecular flexibility index (Phi) is 10.6. The quantitative estimate of drug-likeness (QED) is 0.251. The lowest BCUT2D eigenvalue weighted by Gasteiger charge is -2.35. The number of rotatable bonds is 10. The molecule has 0 atom stereocenters. The number of piperazine rings is 1. The zero-order valence-corrected chi connectivity index (χ0v) is 26.0. The molecule has 2 aliphatic rings. The Morgan fingerprint density at radius 3 is 2.51 bits per heavy atom. The zero-order valence-electron chi connectivity index (χ0n) is 25.1. The van der Waals surface area contributed by atoms with Crippen molar-refractivity contribution in [1.82, 2.24) is 35.1 Å². The van der Waals surface area contributed by atoms with E-state index in [-0.39, 0.29) is 16.6 Å². The maximum Gasteiger partial charge on any atom is 0.417 e. The minimum atomic E-state index is -4.75. The predicted molar refractivity (Wildman–Crippen MR) is 164 cm³/mol. The summed E-state index contributed by atoms with van der Waals surface area (Å²) in [4.78, 5) is 36.6. The summed E-state index contributed by atoms with van der Waals surface area (Å²) in [6.45, 7) is 7.40. The number of alkyl halides is 3. The first-order chi connectivity index (χ1) is 21.6. The molecule has 16 heteroatoms. The molecule has 2 aromatic heterocycles. The highest BCUT2D eigenvalue weighted by atomic mass is 32.2. The smallest absolute Gasteiger partial charge is 0.379 e. The maximum atomic E-state index is 13.9. The van der Waals surface area contributed by atoms with Crippen molar-refractivity contribution in [2.24, 2.45) is 0 Å². The van der Waals surface area contributed by atoms with Crippen molar-refractivity contribution in [3.05, 3.63) is 53.5 Å². The monoisotopic (exact) mass is 647 g/mol. The molecule has 0 radical (unpaired) electrons. The number of nitrogens with one attached hydrogen (secondary N) is 2. The molecule has 242 valence electrons. The molecule has 0 spiro atoms. The van der Waals surface area contributed by atoms with Crippen molar-refractivity contribution in [3.63, 3.8) is 0 Å². The van der Waals surface area contributed by atoms with Crippen molar-refractivity contribution in [1.29, 1.82) is 0 Å². The first-order valence-electron chi connectivity index (χ1n) is 14.6. The molecule has 4 heterocycles. The number of benzene rings is 1. The molecule has 2 saturated heterocycles. The largest absolute Gasteiger partial charge is 0.417 e. The number of hydrogen-bond donors (Lipinski definition) is 2. The van der Waals surface area contributed by atoms with Gasteiger partial charge in [0.2, 0.25) is 0 Å². The van der Waals surface area contributed by atoms with E-state index in [4.69, 9.17) is 4.74 Å². The van der Waals surface area contributed by atoms with E-state index in [9.17, 15) is 22.8 Å². The molecule has 0 saturated carbocycles. The molecular weight excluding hydrogens is 611 g/mol. The Hall–Kier alpha value is -3.73. The number of ether oxygens (including phenoxy) is 1. The third-order valence-electron chi connectivity index (χ3n) is 7.74. The normalized spacial score (nSPS) is 16.5. The van der Waals surface area contributed by atoms with Gasteiger partial charge in [0.25, 0.3) is 11.8 Å². The number of hydrogen-bond acceptors (Lipinski definition) is 10. The van der Waals surface area contributed by atoms with Crippen LogP contribution in [0.25, 0.3) is 5.69 Å². The molecule has 0 aliphatic carbocycles. The van der Waals surface area contributed by atoms with E-state index in [2.05, 4.69) is 40.6 Å². The van der Waals surface area contributed by atoms with Gasteiger partial charge in [-0.1, -0.05) is 5.21 Å². The van der Waals surface area contributed by atoms with Gasteiger partial charge in [0.05, 0.1) is 52.6 Å². The minimum absolute atomic E-state index is 0.116. The summed E-state index contributed by atoms with van der Waals surface area (Å²) < 4.78 is 48.5. The van der Waals surface area contributed by atoms with E-state index < -0.39 is 23.2 Å². The lowest BCUT2D eigenvalue weighted by molar-refractivity contribution is -0.138. The minimum Gasteiger partial charge on any atom is -0.379 e. The summed E-state index contributed by atoms with van der Waals surface area (Å²) in [7, 11) is 2.01. The Morgan fingerprint density at radius 2 is 1.80 bits per heavy atom. The second-order valence-electron chi connectivity index (χ2n) is 10.8. The number of anilines is 2. The molecule has 12 nitrogen and oxygen atoms in total. The molecule has 2 aliphatic heterocycles. The van der Waals surface area contributed by atoms with Crippen LogP contribution < -0.4 is 15.5 Å². The van der Waals surface area contributed by atoms with E-state index in [1.54, 1.807) is 24.5 Å². The molecule has 5 rings (SSSR count). The number of pyridine rings is 1. The van der Waals surface area contributed by atoms with Crippen molar-refractivity contribution in [2.45, 2.75) is 17.6 Å². The number of morpholine rings is 1. The third-order valence-corrected chi connectivity index (χ3v) is 8.38. The van der Waals surface area contributed by atoms with Crippen molar-refractivity contribution in [3.8, 4) is 5.69 Å². The summed E-state index contributed by atoms with van der Waals surface area (Å²) in [5.74, 6) is -1.31. The van der Waals surface area contributed by atoms with Crippen LogP contribution in [-0.2, 0) is 10.9 Å². The summed E-state index contributed by atoms with van der Waals surface area (Å²) >= 11 is 1.06. The fourth-order valence-electron chi connectivity index (χ4n) is 5.16. The highest BCUT2D eigenvalue weighted by Gasteiger charge is 2.36. The SMILES string of the molecule is CSc1cc(C(F)(F)F)c(C(=O)Nc2cc(-n3cc(C(=O)NCCCN4CCOCC4)nn3)ccc2N2CCN(C)CC2)cn1. The first kappa shape index (κ1) is 32.7. The summed E-state index contributed by atoms with van der Waals surface area (Å²) in [5.41, 5.74) is -0.106. The molecule has 2 amide bonds. The Bertz CT molecular complexity index is 1490. The maximum absolute atomic E-state index is 13.9. The molecule has 1 aromatic carbocycles. The highest BCUT2D eigenvalue weighted by molar-refractivity contribution is 7.98. The third kappa shape index (κ3) is 8.31. The van der Waals surface area contributed by atoms with Crippen molar-refractivity contribution in [2.75, 3.05) is 89.1 Å². The van der Waals surface area contributed by atoms with Gasteiger partial charge in [-0.15, -0.1) is 16.9 Å². The molecule has 0 bridgehead atoms. The van der Waals surface area contributed by atoms with Crippen LogP contribution in [0.1, 0.15) is 32.8 Å². The molecular formula is C29H36F3N9O3S. The van der Waals surface area contributed by atoms with Crippen molar-refractivity contribution < 1.29 is 27.5 Å². The fourth-order valence-corrected chi connectivity index (χ4v) is 5.55. The Labute approximate surface area is 263 Å². The van der Waals surface area contributed by atoms with Crippen LogP contribution in [0.4, 0.5) is 24.5 Å². The van der Waals surface area contributed by atoms with Gasteiger partial charge in [0.15, 0.2) is 5.69 Å². The highest BCUT2D eigenvalue weighted by Crippen LogP contribution is 2.35. The first-order valence-corrected chi connectivity index (χ1v) is 15.9. The number of thioether (sulfide) groups is 1. The van der Waals surface area contributed by atoms with E-state index in [1.165, 1.54) is 10.9 Å². The molecule has 2 N–H and O–H groups in total. The second kappa shape index (κ2) is 14.6. The number of carbonyl (C=O) groups is 2. The van der Waals surface area contributed by atoms with Crippen LogP contribution in [0.2, 0.25) is 0 Å². The Balaban J connectivity index is 1.34. The average molecular weight is 648 g/mol. The van der Waals surface area contributed by atoms with Gasteiger partial charge in [-0.2, -0.15) is 13.2 Å². The standard InChI is InChI=1S/C29H36F3N9O3S/c1-38-8-10-40(11-9-38)25-5-4-20(16-23(25)35-27(42)21-18-34-26(45-2)17-22(21)29(30,31)32)41-19-24(36-37-41)28(43)33-6-3-7-39-12-14-44-15-13-39/h4-5,16-19H,3,6-15H2,1-2H3,(H,33,43)(H,35,42). The van der Waals surface area contributed by atoms with Crippen molar-refractivity contribution >= 4 is 35.0 Å².